The van der Waals surface area contributed by atoms with Gasteiger partial charge in [-0.3, -0.25) is 0 Å². The van der Waals surface area contributed by atoms with E-state index in [1.807, 2.05) is 30.3 Å². The summed E-state index contributed by atoms with van der Waals surface area (Å²) in [6, 6.07) is 11.2. The summed E-state index contributed by atoms with van der Waals surface area (Å²) in [6.07, 6.45) is 0. The van der Waals surface area contributed by atoms with Crippen LogP contribution < -0.4 is 0 Å². The van der Waals surface area contributed by atoms with E-state index in [9.17, 15) is 0 Å². The molecule has 0 bridgehead atoms. The monoisotopic (exact) mass is 310 g/mol. The summed E-state index contributed by atoms with van der Waals surface area (Å²) in [6.45, 7) is 0. The van der Waals surface area contributed by atoms with E-state index >= 15 is 0 Å². The summed E-state index contributed by atoms with van der Waals surface area (Å²) in [7, 11) is 0. The van der Waals surface area contributed by atoms with Crippen molar-refractivity contribution in [3.05, 3.63) is 52.3 Å². The van der Waals surface area contributed by atoms with Crippen molar-refractivity contribution in [1.82, 2.24) is 9.97 Å². The Kier molecular flexibility index (Phi) is 3.64. The Hall–Kier alpha value is -1.23. The number of benzene rings is 1. The van der Waals surface area contributed by atoms with Gasteiger partial charge >= 0.3 is 0 Å². The zero-order valence-corrected chi connectivity index (χ0v) is 12.0. The number of para-hydroxylation sites is 2. The highest BCUT2D eigenvalue weighted by atomic mass is 35.5. The first-order valence-electron chi connectivity index (χ1n) is 5.52. The number of hydrogen-bond acceptors (Lipinski definition) is 4. The lowest BCUT2D eigenvalue weighted by Crippen LogP contribution is -1.86. The predicted octanol–water partition coefficient (Wildman–Crippen LogP) is 4.82. The highest BCUT2D eigenvalue weighted by Gasteiger charge is 2.08. The third-order valence-electron chi connectivity index (χ3n) is 2.52. The molecule has 0 fully saturated rings. The van der Waals surface area contributed by atoms with Gasteiger partial charge in [-0.1, -0.05) is 53.2 Å². The summed E-state index contributed by atoms with van der Waals surface area (Å²) < 4.78 is 5.62. The van der Waals surface area contributed by atoms with E-state index in [1.165, 1.54) is 11.8 Å². The summed E-state index contributed by atoms with van der Waals surface area (Å²) in [5.74, 6) is 0.635. The molecule has 0 aliphatic rings. The van der Waals surface area contributed by atoms with Gasteiger partial charge in [-0.2, -0.15) is 0 Å². The van der Waals surface area contributed by atoms with Gasteiger partial charge in [-0.25, -0.2) is 9.97 Å². The summed E-state index contributed by atoms with van der Waals surface area (Å²) in [4.78, 5) is 8.38. The number of hydrogen-bond donors (Lipinski definition) is 0. The fraction of sp³-hybridized carbons (Fsp3) is 0.0769. The molecule has 0 atom stereocenters. The van der Waals surface area contributed by atoms with Crippen LogP contribution in [0.1, 0.15) is 5.56 Å². The van der Waals surface area contributed by atoms with Gasteiger partial charge in [0.2, 0.25) is 0 Å². The quantitative estimate of drug-likeness (QED) is 0.513. The van der Waals surface area contributed by atoms with E-state index < -0.39 is 0 Å². The second kappa shape index (κ2) is 5.41. The lowest BCUT2D eigenvalue weighted by molar-refractivity contribution is 0.489. The van der Waals surface area contributed by atoms with Gasteiger partial charge in [0.15, 0.2) is 5.58 Å². The van der Waals surface area contributed by atoms with E-state index in [2.05, 4.69) is 9.97 Å². The second-order valence-corrected chi connectivity index (χ2v) is 5.49. The van der Waals surface area contributed by atoms with Crippen LogP contribution in [0.5, 0.6) is 0 Å². The van der Waals surface area contributed by atoms with Crippen molar-refractivity contribution in [3.63, 3.8) is 0 Å². The molecule has 3 rings (SSSR count). The number of halogens is 2. The topological polar surface area (TPSA) is 38.9 Å². The van der Waals surface area contributed by atoms with Crippen LogP contribution in [0.2, 0.25) is 10.3 Å². The first-order valence-corrected chi connectivity index (χ1v) is 7.26. The van der Waals surface area contributed by atoms with Crippen LogP contribution >= 0.6 is 35.0 Å². The van der Waals surface area contributed by atoms with Gasteiger partial charge in [-0.05, 0) is 18.2 Å². The van der Waals surface area contributed by atoms with Crippen LogP contribution in [-0.2, 0) is 5.75 Å². The molecule has 0 aliphatic heterocycles. The van der Waals surface area contributed by atoms with Crippen LogP contribution in [0.3, 0.4) is 0 Å². The third kappa shape index (κ3) is 2.86. The highest BCUT2D eigenvalue weighted by Crippen LogP contribution is 2.28. The van der Waals surface area contributed by atoms with Crippen LogP contribution in [-0.4, -0.2) is 9.97 Å². The van der Waals surface area contributed by atoms with Gasteiger partial charge in [-0.15, -0.1) is 0 Å². The molecule has 0 radical (unpaired) electrons. The standard InChI is InChI=1S/C13H8Cl2N2OS/c14-11-6-5-8(12(15)17-11)7-19-13-16-9-3-1-2-4-10(9)18-13/h1-6H,7H2. The van der Waals surface area contributed by atoms with Crippen LogP contribution in [0.25, 0.3) is 11.1 Å². The van der Waals surface area contributed by atoms with Crippen molar-refractivity contribution < 1.29 is 4.42 Å². The Morgan fingerprint density at radius 2 is 1.89 bits per heavy atom. The highest BCUT2D eigenvalue weighted by molar-refractivity contribution is 7.98. The van der Waals surface area contributed by atoms with E-state index in [4.69, 9.17) is 27.6 Å². The molecule has 19 heavy (non-hydrogen) atoms. The molecule has 6 heteroatoms. The van der Waals surface area contributed by atoms with Crippen molar-refractivity contribution in [2.75, 3.05) is 0 Å². The Morgan fingerprint density at radius 3 is 2.68 bits per heavy atom. The normalized spacial score (nSPS) is 11.1. The lowest BCUT2D eigenvalue weighted by Gasteiger charge is -2.01. The average Bonchev–Trinajstić information content (AvgIpc) is 2.80. The number of nitrogens with zero attached hydrogens (tertiary/aromatic N) is 2. The largest absolute Gasteiger partial charge is 0.431 e. The predicted molar refractivity (Wildman–Crippen MR) is 77.8 cm³/mol. The van der Waals surface area contributed by atoms with Crippen molar-refractivity contribution in [3.8, 4) is 0 Å². The first kappa shape index (κ1) is 12.8. The van der Waals surface area contributed by atoms with E-state index in [1.54, 1.807) is 6.07 Å². The number of oxazole rings is 1. The fourth-order valence-corrected chi connectivity index (χ4v) is 2.92. The van der Waals surface area contributed by atoms with E-state index in [0.29, 0.717) is 21.3 Å². The molecule has 0 unspecified atom stereocenters. The molecule has 0 saturated heterocycles. The number of aromatic nitrogens is 2. The van der Waals surface area contributed by atoms with Gasteiger partial charge in [0.25, 0.3) is 5.22 Å². The SMILES string of the molecule is Clc1ccc(CSc2nc3ccccc3o2)c(Cl)n1. The van der Waals surface area contributed by atoms with Crippen molar-refractivity contribution >= 4 is 46.1 Å². The summed E-state index contributed by atoms with van der Waals surface area (Å²) in [5.41, 5.74) is 2.54. The Morgan fingerprint density at radius 1 is 1.05 bits per heavy atom. The Balaban J connectivity index is 1.78. The lowest BCUT2D eigenvalue weighted by atomic mass is 10.3. The number of thioether (sulfide) groups is 1. The van der Waals surface area contributed by atoms with Crippen LogP contribution in [0.4, 0.5) is 0 Å². The molecule has 0 saturated carbocycles. The third-order valence-corrected chi connectivity index (χ3v) is 3.93. The maximum atomic E-state index is 6.01. The van der Waals surface area contributed by atoms with Gasteiger partial charge in [0.05, 0.1) is 0 Å². The molecular formula is C13H8Cl2N2OS. The zero-order valence-electron chi connectivity index (χ0n) is 9.64. The molecule has 2 heterocycles. The minimum Gasteiger partial charge on any atom is -0.431 e. The second-order valence-electron chi connectivity index (χ2n) is 3.82. The minimum atomic E-state index is 0.389. The van der Waals surface area contributed by atoms with Gasteiger partial charge < -0.3 is 4.42 Å². The molecular weight excluding hydrogens is 303 g/mol. The zero-order chi connectivity index (χ0) is 13.2. The number of fused-ring (bicyclic) bond motifs is 1. The Bertz CT molecular complexity index is 696. The molecule has 0 spiro atoms. The smallest absolute Gasteiger partial charge is 0.257 e. The van der Waals surface area contributed by atoms with Crippen LogP contribution in [0.15, 0.2) is 46.0 Å². The van der Waals surface area contributed by atoms with Gasteiger partial charge in [0.1, 0.15) is 15.8 Å². The molecule has 3 nitrogen and oxygen atoms in total. The van der Waals surface area contributed by atoms with E-state index in [-0.39, 0.29) is 0 Å². The van der Waals surface area contributed by atoms with E-state index in [0.717, 1.165) is 16.7 Å². The summed E-state index contributed by atoms with van der Waals surface area (Å²) >= 11 is 13.2. The minimum absolute atomic E-state index is 0.389. The molecule has 0 amide bonds. The van der Waals surface area contributed by atoms with Crippen LogP contribution in [0, 0.1) is 0 Å². The molecule has 0 aliphatic carbocycles. The fourth-order valence-electron chi connectivity index (χ4n) is 1.60. The van der Waals surface area contributed by atoms with Crippen molar-refractivity contribution in [2.24, 2.45) is 0 Å². The molecule has 0 N–H and O–H groups in total. The number of rotatable bonds is 3. The average molecular weight is 311 g/mol. The molecule has 96 valence electrons. The first-order chi connectivity index (χ1) is 9.22. The maximum absolute atomic E-state index is 6.01. The van der Waals surface area contributed by atoms with Gasteiger partial charge in [0, 0.05) is 11.3 Å². The molecule has 1 aromatic carbocycles. The van der Waals surface area contributed by atoms with Crippen molar-refractivity contribution in [1.29, 1.82) is 0 Å². The number of pyridine rings is 1. The Labute approximate surface area is 123 Å². The summed E-state index contributed by atoms with van der Waals surface area (Å²) in [5, 5.41) is 1.42. The molecule has 2 aromatic heterocycles. The maximum Gasteiger partial charge on any atom is 0.257 e. The van der Waals surface area contributed by atoms with Crippen molar-refractivity contribution in [2.45, 2.75) is 11.0 Å². The molecule has 3 aromatic rings.